The van der Waals surface area contributed by atoms with Crippen molar-refractivity contribution < 1.29 is 0 Å². The second-order valence-electron chi connectivity index (χ2n) is 5.43. The third kappa shape index (κ3) is 4.30. The average molecular weight is 235 g/mol. The van der Waals surface area contributed by atoms with Crippen molar-refractivity contribution in [1.82, 2.24) is 10.6 Å². The molecule has 0 heterocycles. The van der Waals surface area contributed by atoms with E-state index >= 15 is 0 Å². The van der Waals surface area contributed by atoms with Gasteiger partial charge in [0, 0.05) is 13.6 Å². The van der Waals surface area contributed by atoms with Crippen molar-refractivity contribution in [2.24, 2.45) is 16.3 Å². The Morgan fingerprint density at radius 3 is 2.53 bits per heavy atom. The lowest BCUT2D eigenvalue weighted by Gasteiger charge is -2.43. The largest absolute Gasteiger partial charge is 0.356 e. The van der Waals surface area contributed by atoms with Gasteiger partial charge in [-0.1, -0.05) is 26.2 Å². The Balaban J connectivity index is 2.39. The van der Waals surface area contributed by atoms with Gasteiger partial charge in [-0.3, -0.25) is 4.99 Å². The zero-order valence-corrected chi connectivity index (χ0v) is 11.3. The zero-order chi connectivity index (χ0) is 12.7. The van der Waals surface area contributed by atoms with Crippen molar-refractivity contribution >= 4 is 5.96 Å². The maximum atomic E-state index is 5.22. The highest BCUT2D eigenvalue weighted by atomic mass is 15.2. The van der Waals surface area contributed by atoms with Crippen LogP contribution in [0.25, 0.3) is 0 Å². The molecular weight excluding hydrogens is 210 g/mol. The van der Waals surface area contributed by atoms with E-state index in [2.05, 4.69) is 35.4 Å². The Morgan fingerprint density at radius 1 is 1.41 bits per heavy atom. The molecule has 0 spiro atoms. The third-order valence-corrected chi connectivity index (χ3v) is 3.47. The first-order chi connectivity index (χ1) is 8.12. The molecule has 96 valence electrons. The van der Waals surface area contributed by atoms with Crippen molar-refractivity contribution in [3.8, 4) is 12.3 Å². The van der Waals surface area contributed by atoms with E-state index in [4.69, 9.17) is 6.42 Å². The summed E-state index contributed by atoms with van der Waals surface area (Å²) in [7, 11) is 1.78. The van der Waals surface area contributed by atoms with E-state index < -0.39 is 0 Å². The molecule has 1 fully saturated rings. The fraction of sp³-hybridized carbons (Fsp3) is 0.786. The number of hydrogen-bond donors (Lipinski definition) is 2. The summed E-state index contributed by atoms with van der Waals surface area (Å²) < 4.78 is 0. The third-order valence-electron chi connectivity index (χ3n) is 3.47. The van der Waals surface area contributed by atoms with Crippen LogP contribution in [0.1, 0.15) is 39.5 Å². The average Bonchev–Trinajstić information content (AvgIpc) is 2.25. The standard InChI is InChI=1S/C14H25N3/c1-5-9-16-13(15-4)17-11-14(7-6-8-14)10-12(2)3/h1,12H,6-11H2,2-4H3,(H2,15,16,17). The Bertz CT molecular complexity index is 295. The summed E-state index contributed by atoms with van der Waals surface area (Å²) in [5.41, 5.74) is 0.488. The molecule has 0 amide bonds. The number of aliphatic imine (C=N–C) groups is 1. The molecule has 0 unspecified atom stereocenters. The van der Waals surface area contributed by atoms with Gasteiger partial charge >= 0.3 is 0 Å². The molecule has 0 aromatic carbocycles. The Labute approximate surface area is 105 Å². The van der Waals surface area contributed by atoms with Crippen molar-refractivity contribution in [3.63, 3.8) is 0 Å². The highest BCUT2D eigenvalue weighted by molar-refractivity contribution is 5.79. The van der Waals surface area contributed by atoms with Crippen LogP contribution in [0, 0.1) is 23.7 Å². The van der Waals surface area contributed by atoms with E-state index in [0.29, 0.717) is 12.0 Å². The molecule has 0 aromatic heterocycles. The van der Waals surface area contributed by atoms with Crippen LogP contribution in [0.4, 0.5) is 0 Å². The molecule has 0 saturated heterocycles. The number of hydrogen-bond acceptors (Lipinski definition) is 1. The first kappa shape index (κ1) is 13.9. The lowest BCUT2D eigenvalue weighted by atomic mass is 9.64. The molecule has 0 bridgehead atoms. The van der Waals surface area contributed by atoms with Crippen molar-refractivity contribution in [2.45, 2.75) is 39.5 Å². The van der Waals surface area contributed by atoms with Gasteiger partial charge in [0.25, 0.3) is 0 Å². The van der Waals surface area contributed by atoms with Gasteiger partial charge in [-0.05, 0) is 30.6 Å². The summed E-state index contributed by atoms with van der Waals surface area (Å²) in [5.74, 6) is 4.14. The first-order valence-corrected chi connectivity index (χ1v) is 6.50. The van der Waals surface area contributed by atoms with Gasteiger partial charge in [-0.15, -0.1) is 6.42 Å². The molecule has 1 saturated carbocycles. The van der Waals surface area contributed by atoms with Gasteiger partial charge in [0.05, 0.1) is 6.54 Å². The summed E-state index contributed by atoms with van der Waals surface area (Å²) in [6.45, 7) is 6.13. The van der Waals surface area contributed by atoms with Gasteiger partial charge in [-0.25, -0.2) is 0 Å². The fourth-order valence-corrected chi connectivity index (χ4v) is 2.62. The molecule has 1 aliphatic rings. The maximum absolute atomic E-state index is 5.22. The summed E-state index contributed by atoms with van der Waals surface area (Å²) in [6, 6.07) is 0. The van der Waals surface area contributed by atoms with E-state index in [0.717, 1.165) is 18.4 Å². The van der Waals surface area contributed by atoms with Gasteiger partial charge < -0.3 is 10.6 Å². The topological polar surface area (TPSA) is 36.4 Å². The highest BCUT2D eigenvalue weighted by Crippen LogP contribution is 2.45. The van der Waals surface area contributed by atoms with E-state index in [9.17, 15) is 0 Å². The fourth-order valence-electron chi connectivity index (χ4n) is 2.62. The van der Waals surface area contributed by atoms with Crippen molar-refractivity contribution in [1.29, 1.82) is 0 Å². The monoisotopic (exact) mass is 235 g/mol. The van der Waals surface area contributed by atoms with E-state index in [1.165, 1.54) is 25.7 Å². The number of nitrogens with zero attached hydrogens (tertiary/aromatic N) is 1. The number of guanidine groups is 1. The molecule has 17 heavy (non-hydrogen) atoms. The molecule has 0 atom stereocenters. The minimum atomic E-state index is 0.488. The van der Waals surface area contributed by atoms with Gasteiger partial charge in [0.15, 0.2) is 5.96 Å². The van der Waals surface area contributed by atoms with Gasteiger partial charge in [-0.2, -0.15) is 0 Å². The lowest BCUT2D eigenvalue weighted by Crippen LogP contribution is -2.47. The van der Waals surface area contributed by atoms with Crippen LogP contribution in [0.15, 0.2) is 4.99 Å². The number of terminal acetylenes is 1. The van der Waals surface area contributed by atoms with Gasteiger partial charge in [0.1, 0.15) is 0 Å². The van der Waals surface area contributed by atoms with Gasteiger partial charge in [0.2, 0.25) is 0 Å². The minimum absolute atomic E-state index is 0.488. The summed E-state index contributed by atoms with van der Waals surface area (Å²) in [4.78, 5) is 4.17. The quantitative estimate of drug-likeness (QED) is 0.434. The second kappa shape index (κ2) is 6.54. The molecule has 1 rings (SSSR count). The second-order valence-corrected chi connectivity index (χ2v) is 5.43. The summed E-state index contributed by atoms with van der Waals surface area (Å²) in [6.07, 6.45) is 10.6. The molecule has 0 radical (unpaired) electrons. The smallest absolute Gasteiger partial charge is 0.191 e. The van der Waals surface area contributed by atoms with Crippen LogP contribution < -0.4 is 10.6 Å². The molecule has 1 aliphatic carbocycles. The Kier molecular flexibility index (Phi) is 5.34. The highest BCUT2D eigenvalue weighted by Gasteiger charge is 2.37. The molecule has 2 N–H and O–H groups in total. The molecule has 3 nitrogen and oxygen atoms in total. The minimum Gasteiger partial charge on any atom is -0.356 e. The van der Waals surface area contributed by atoms with Crippen LogP contribution >= 0.6 is 0 Å². The van der Waals surface area contributed by atoms with E-state index in [1.807, 2.05) is 0 Å². The van der Waals surface area contributed by atoms with Crippen molar-refractivity contribution in [3.05, 3.63) is 0 Å². The molecule has 3 heteroatoms. The first-order valence-electron chi connectivity index (χ1n) is 6.50. The summed E-state index contributed by atoms with van der Waals surface area (Å²) in [5, 5.41) is 6.49. The SMILES string of the molecule is C#CCNC(=NC)NCC1(CC(C)C)CCC1. The zero-order valence-electron chi connectivity index (χ0n) is 11.3. The van der Waals surface area contributed by atoms with E-state index in [1.54, 1.807) is 7.05 Å². The van der Waals surface area contributed by atoms with Crippen LogP contribution in [0.2, 0.25) is 0 Å². The van der Waals surface area contributed by atoms with Crippen LogP contribution in [-0.2, 0) is 0 Å². The number of nitrogens with one attached hydrogen (secondary N) is 2. The predicted molar refractivity (Wildman–Crippen MR) is 73.9 cm³/mol. The predicted octanol–water partition coefficient (Wildman–Crippen LogP) is 2.00. The van der Waals surface area contributed by atoms with E-state index in [-0.39, 0.29) is 0 Å². The Hall–Kier alpha value is -1.17. The normalized spacial score (nSPS) is 18.4. The summed E-state index contributed by atoms with van der Waals surface area (Å²) >= 11 is 0. The molecular formula is C14H25N3. The van der Waals surface area contributed by atoms with Crippen molar-refractivity contribution in [2.75, 3.05) is 20.1 Å². The lowest BCUT2D eigenvalue weighted by molar-refractivity contribution is 0.105. The molecule has 0 aliphatic heterocycles. The van der Waals surface area contributed by atoms with Crippen LogP contribution in [-0.4, -0.2) is 26.1 Å². The van der Waals surface area contributed by atoms with Crippen LogP contribution in [0.3, 0.4) is 0 Å². The Morgan fingerprint density at radius 2 is 2.12 bits per heavy atom. The van der Waals surface area contributed by atoms with Crippen LogP contribution in [0.5, 0.6) is 0 Å². The number of rotatable bonds is 5. The maximum Gasteiger partial charge on any atom is 0.191 e. The molecule has 0 aromatic rings.